The number of hydrazine groups is 1. The minimum atomic E-state index is -0.413. The molecule has 0 bridgehead atoms. The number of hydrogen-bond acceptors (Lipinski definition) is 5. The summed E-state index contributed by atoms with van der Waals surface area (Å²) in [6.45, 7) is 12.6. The van der Waals surface area contributed by atoms with Gasteiger partial charge in [0.2, 0.25) is 0 Å². The van der Waals surface area contributed by atoms with Gasteiger partial charge in [0.25, 0.3) is 0 Å². The fourth-order valence-corrected chi connectivity index (χ4v) is 3.57. The largest absolute Gasteiger partial charge is 0.494 e. The van der Waals surface area contributed by atoms with Gasteiger partial charge in [0, 0.05) is 18.3 Å². The Morgan fingerprint density at radius 2 is 1.81 bits per heavy atom. The number of benzene rings is 2. The number of hydrogen-bond donors (Lipinski definition) is 2. The van der Waals surface area contributed by atoms with E-state index in [1.807, 2.05) is 71.0 Å². The van der Waals surface area contributed by atoms with Gasteiger partial charge in [0.15, 0.2) is 0 Å². The number of nitrogens with one attached hydrogen (secondary N) is 1. The monoisotopic (exact) mass is 439 g/mol. The molecule has 0 saturated carbocycles. The van der Waals surface area contributed by atoms with Crippen molar-refractivity contribution in [2.24, 2.45) is 5.84 Å². The predicted octanol–water partition coefficient (Wildman–Crippen LogP) is 3.77. The van der Waals surface area contributed by atoms with Gasteiger partial charge in [-0.05, 0) is 69.8 Å². The van der Waals surface area contributed by atoms with Gasteiger partial charge in [-0.3, -0.25) is 5.01 Å². The molecule has 1 fully saturated rings. The topological polar surface area (TPSA) is 86.1 Å². The van der Waals surface area contributed by atoms with E-state index in [2.05, 4.69) is 12.2 Å². The number of carbonyl (C=O) groups excluding carboxylic acids is 1. The summed E-state index contributed by atoms with van der Waals surface area (Å²) in [5.41, 5.74) is 3.90. The molecule has 1 saturated heterocycles. The lowest BCUT2D eigenvalue weighted by Crippen LogP contribution is -2.41. The third-order valence-electron chi connectivity index (χ3n) is 6.31. The lowest BCUT2D eigenvalue weighted by molar-refractivity contribution is 0.00578. The standard InChI is InChI=1S/C24H34BN3O4/c1-8-17-10-9-11-20(27-22(29)28(7)26)19(17)15-30-21-13-12-18(14-16(21)2)25-31-23(3,4)24(5,6)32-25/h9-14H,8,15,26H2,1-7H3,(H,27,29). The van der Waals surface area contributed by atoms with Crippen molar-refractivity contribution in [2.75, 3.05) is 12.4 Å². The van der Waals surface area contributed by atoms with Crippen LogP contribution in [0.5, 0.6) is 5.75 Å². The van der Waals surface area contributed by atoms with E-state index in [9.17, 15) is 4.79 Å². The van der Waals surface area contributed by atoms with Crippen molar-refractivity contribution in [3.8, 4) is 5.75 Å². The van der Waals surface area contributed by atoms with Gasteiger partial charge < -0.3 is 19.4 Å². The molecule has 172 valence electrons. The van der Waals surface area contributed by atoms with Crippen LogP contribution in [0, 0.1) is 6.92 Å². The number of ether oxygens (including phenoxy) is 1. The second-order valence-corrected chi connectivity index (χ2v) is 9.24. The maximum Gasteiger partial charge on any atom is 0.494 e. The summed E-state index contributed by atoms with van der Waals surface area (Å²) in [5, 5.41) is 3.86. The molecule has 1 aliphatic rings. The number of rotatable bonds is 6. The van der Waals surface area contributed by atoms with Crippen LogP contribution in [0.2, 0.25) is 0 Å². The quantitative estimate of drug-likeness (QED) is 0.310. The number of anilines is 1. The lowest BCUT2D eigenvalue weighted by Gasteiger charge is -2.32. The summed E-state index contributed by atoms with van der Waals surface area (Å²) in [4.78, 5) is 12.1. The number of aryl methyl sites for hydroxylation is 2. The van der Waals surface area contributed by atoms with E-state index < -0.39 is 7.12 Å². The van der Waals surface area contributed by atoms with Crippen molar-refractivity contribution >= 4 is 24.3 Å². The number of nitrogens with zero attached hydrogens (tertiary/aromatic N) is 1. The van der Waals surface area contributed by atoms with Crippen LogP contribution >= 0.6 is 0 Å². The van der Waals surface area contributed by atoms with Crippen molar-refractivity contribution in [3.05, 3.63) is 53.1 Å². The number of carbonyl (C=O) groups is 1. The predicted molar refractivity (Wildman–Crippen MR) is 128 cm³/mol. The third-order valence-corrected chi connectivity index (χ3v) is 6.31. The zero-order chi connectivity index (χ0) is 23.7. The van der Waals surface area contributed by atoms with Crippen LogP contribution in [0.4, 0.5) is 10.5 Å². The second kappa shape index (κ2) is 9.14. The van der Waals surface area contributed by atoms with Crippen LogP contribution in [0.25, 0.3) is 0 Å². The van der Waals surface area contributed by atoms with Gasteiger partial charge in [0.05, 0.1) is 11.2 Å². The Balaban J connectivity index is 1.78. The molecule has 0 aliphatic carbocycles. The summed E-state index contributed by atoms with van der Waals surface area (Å²) in [6, 6.07) is 11.4. The minimum Gasteiger partial charge on any atom is -0.489 e. The Labute approximate surface area is 191 Å². The van der Waals surface area contributed by atoms with Gasteiger partial charge in [-0.15, -0.1) is 0 Å². The Hall–Kier alpha value is -2.55. The Bertz CT molecular complexity index is 975. The van der Waals surface area contributed by atoms with Gasteiger partial charge >= 0.3 is 13.1 Å². The molecule has 1 heterocycles. The summed E-state index contributed by atoms with van der Waals surface area (Å²) >= 11 is 0. The molecule has 0 spiro atoms. The summed E-state index contributed by atoms with van der Waals surface area (Å²) < 4.78 is 18.5. The van der Waals surface area contributed by atoms with E-state index in [4.69, 9.17) is 19.9 Å². The molecule has 2 amide bonds. The van der Waals surface area contributed by atoms with Gasteiger partial charge in [-0.1, -0.05) is 31.2 Å². The van der Waals surface area contributed by atoms with Crippen molar-refractivity contribution in [3.63, 3.8) is 0 Å². The van der Waals surface area contributed by atoms with E-state index in [1.165, 1.54) is 7.05 Å². The minimum absolute atomic E-state index is 0.324. The van der Waals surface area contributed by atoms with Crippen molar-refractivity contribution in [1.82, 2.24) is 5.01 Å². The van der Waals surface area contributed by atoms with Crippen LogP contribution in [0.3, 0.4) is 0 Å². The first kappa shape index (κ1) is 24.1. The highest BCUT2D eigenvalue weighted by atomic mass is 16.7. The van der Waals surface area contributed by atoms with Crippen molar-refractivity contribution < 1.29 is 18.8 Å². The molecular formula is C24H34BN3O4. The van der Waals surface area contributed by atoms with Crippen LogP contribution in [-0.2, 0) is 22.3 Å². The third kappa shape index (κ3) is 4.93. The first-order valence-electron chi connectivity index (χ1n) is 10.9. The summed E-state index contributed by atoms with van der Waals surface area (Å²) in [7, 11) is 1.09. The molecule has 0 aromatic heterocycles. The SMILES string of the molecule is CCc1cccc(NC(=O)N(C)N)c1COc1ccc(B2OC(C)(C)C(C)(C)O2)cc1C. The second-order valence-electron chi connectivity index (χ2n) is 9.24. The molecule has 7 nitrogen and oxygen atoms in total. The van der Waals surface area contributed by atoms with Gasteiger partial charge in [-0.2, -0.15) is 0 Å². The molecule has 3 N–H and O–H groups in total. The first-order chi connectivity index (χ1) is 14.9. The Kier molecular flexibility index (Phi) is 6.88. The lowest BCUT2D eigenvalue weighted by atomic mass is 9.78. The number of amides is 2. The number of nitrogens with two attached hydrogens (primary N) is 1. The maximum absolute atomic E-state index is 12.1. The van der Waals surface area contributed by atoms with Crippen LogP contribution in [0.15, 0.2) is 36.4 Å². The maximum atomic E-state index is 12.1. The zero-order valence-corrected chi connectivity index (χ0v) is 20.1. The van der Waals surface area contributed by atoms with Crippen LogP contribution in [-0.4, -0.2) is 36.4 Å². The molecule has 0 unspecified atom stereocenters. The molecule has 0 atom stereocenters. The highest BCUT2D eigenvalue weighted by Gasteiger charge is 2.51. The summed E-state index contributed by atoms with van der Waals surface area (Å²) in [6.07, 6.45) is 0.820. The fraction of sp³-hybridized carbons (Fsp3) is 0.458. The van der Waals surface area contributed by atoms with Crippen molar-refractivity contribution in [2.45, 2.75) is 65.8 Å². The molecule has 8 heteroatoms. The molecule has 2 aromatic carbocycles. The van der Waals surface area contributed by atoms with E-state index in [-0.39, 0.29) is 17.2 Å². The Morgan fingerprint density at radius 1 is 1.16 bits per heavy atom. The summed E-state index contributed by atoms with van der Waals surface area (Å²) in [5.74, 6) is 6.33. The normalized spacial score (nSPS) is 16.7. The molecule has 32 heavy (non-hydrogen) atoms. The van der Waals surface area contributed by atoms with Gasteiger partial charge in [-0.25, -0.2) is 10.6 Å². The molecule has 1 aliphatic heterocycles. The molecular weight excluding hydrogens is 405 g/mol. The smallest absolute Gasteiger partial charge is 0.489 e. The van der Waals surface area contributed by atoms with E-state index in [1.54, 1.807) is 0 Å². The number of urea groups is 1. The van der Waals surface area contributed by atoms with Gasteiger partial charge in [0.1, 0.15) is 12.4 Å². The fourth-order valence-electron chi connectivity index (χ4n) is 3.57. The Morgan fingerprint density at radius 3 is 2.38 bits per heavy atom. The highest BCUT2D eigenvalue weighted by molar-refractivity contribution is 6.62. The first-order valence-corrected chi connectivity index (χ1v) is 10.9. The molecule has 2 aromatic rings. The average molecular weight is 439 g/mol. The zero-order valence-electron chi connectivity index (χ0n) is 20.1. The molecule has 3 rings (SSSR count). The van der Waals surface area contributed by atoms with Crippen molar-refractivity contribution in [1.29, 1.82) is 0 Å². The molecule has 0 radical (unpaired) electrons. The van der Waals surface area contributed by atoms with Crippen LogP contribution < -0.4 is 21.4 Å². The van der Waals surface area contributed by atoms with E-state index >= 15 is 0 Å². The van der Waals surface area contributed by atoms with E-state index in [0.29, 0.717) is 12.3 Å². The van der Waals surface area contributed by atoms with Crippen LogP contribution in [0.1, 0.15) is 51.3 Å². The average Bonchev–Trinajstić information content (AvgIpc) is 2.94. The van der Waals surface area contributed by atoms with E-state index in [0.717, 1.165) is 39.3 Å². The highest BCUT2D eigenvalue weighted by Crippen LogP contribution is 2.36.